The van der Waals surface area contributed by atoms with Gasteiger partial charge in [0.15, 0.2) is 0 Å². The van der Waals surface area contributed by atoms with E-state index in [0.29, 0.717) is 0 Å². The molecule has 2 aromatic carbocycles. The molecule has 0 amide bonds. The van der Waals surface area contributed by atoms with Crippen molar-refractivity contribution in [1.82, 2.24) is 0 Å². The van der Waals surface area contributed by atoms with Crippen molar-refractivity contribution in [3.05, 3.63) is 113 Å². The Kier molecular flexibility index (Phi) is 25.4. The van der Waals surface area contributed by atoms with Crippen molar-refractivity contribution in [3.8, 4) is 0 Å². The maximum atomic E-state index is 5.50. The standard InChI is InChI=1S/C21H28INO.C6H4.C5H10.2Li/c1-6-18(7-2)21(8-3)17(4)23(5)20-11-9-19(10-12-20)22-13-15-24-16-14-22;1-2-4-6-5-3-1;1-3-5-4-2;;/h9-12H,4,6,13-16H2,1-3,5H3;1-3,6H;4H,1,3,5H2,2H3;;/q3*-2;2*+1. The number of benzene rings is 2. The van der Waals surface area contributed by atoms with Crippen molar-refractivity contribution in [3.63, 3.8) is 0 Å². The summed E-state index contributed by atoms with van der Waals surface area (Å²) in [6.45, 7) is 17.9. The van der Waals surface area contributed by atoms with Gasteiger partial charge in [-0.25, -0.2) is 12.8 Å². The number of ether oxygens (including phenoxy) is 1. The van der Waals surface area contributed by atoms with Crippen LogP contribution in [0.25, 0.3) is 0 Å². The second-order valence-corrected chi connectivity index (χ2v) is 13.7. The van der Waals surface area contributed by atoms with Crippen LogP contribution in [0.15, 0.2) is 72.0 Å². The molecule has 1 saturated heterocycles. The molecule has 2 aromatic rings. The average Bonchev–Trinajstić information content (AvgIpc) is 2.93. The Bertz CT molecular complexity index is 847. The second-order valence-electron chi connectivity index (χ2n) is 7.69. The molecule has 1 aliphatic heterocycles. The van der Waals surface area contributed by atoms with Crippen molar-refractivity contribution in [2.24, 2.45) is 0 Å². The summed E-state index contributed by atoms with van der Waals surface area (Å²) in [6, 6.07) is 22.1. The summed E-state index contributed by atoms with van der Waals surface area (Å²) in [5, 5.41) is 0. The van der Waals surface area contributed by atoms with E-state index >= 15 is 0 Å². The maximum Gasteiger partial charge on any atom is 1.00 e. The van der Waals surface area contributed by atoms with Crippen LogP contribution in [0, 0.1) is 41.2 Å². The first-order valence-electron chi connectivity index (χ1n) is 12.2. The molecule has 0 saturated carbocycles. The Morgan fingerprint density at radius 1 is 1.11 bits per heavy atom. The smallest absolute Gasteiger partial charge is 0.359 e. The van der Waals surface area contributed by atoms with E-state index in [9.17, 15) is 0 Å². The SMILES string of the molecule is C=C(C(=[C-]C)C(=[C-]C)CC)N(C)c1ccc(I2CCOCC2)cc1.[CH2-]CC[CH-]C.[Li+].[Li+].[c-]1c[c-]ccc1. The molecule has 1 fully saturated rings. The molecular weight excluding hydrogens is 555 g/mol. The summed E-state index contributed by atoms with van der Waals surface area (Å²) in [5.41, 5.74) is 4.38. The van der Waals surface area contributed by atoms with E-state index in [1.807, 2.05) is 39.0 Å². The van der Waals surface area contributed by atoms with Gasteiger partial charge in [0, 0.05) is 0 Å². The predicted octanol–water partition coefficient (Wildman–Crippen LogP) is 2.37. The van der Waals surface area contributed by atoms with Crippen LogP contribution in [-0.4, -0.2) is 29.1 Å². The molecule has 0 unspecified atom stereocenters. The summed E-state index contributed by atoms with van der Waals surface area (Å²) in [5.74, 6) is 0. The van der Waals surface area contributed by atoms with Crippen LogP contribution >= 0.6 is 19.8 Å². The Morgan fingerprint density at radius 2 is 1.70 bits per heavy atom. The topological polar surface area (TPSA) is 12.5 Å². The number of unbranched alkanes of at least 4 members (excludes halogenated alkanes) is 2. The van der Waals surface area contributed by atoms with Crippen LogP contribution in [0.1, 0.15) is 47.0 Å². The molecule has 0 N–H and O–H groups in total. The maximum absolute atomic E-state index is 5.50. The number of likely N-dealkylation sites (N-methyl/N-ethyl adjacent to an activating group) is 1. The third kappa shape index (κ3) is 14.9. The number of rotatable bonds is 8. The molecule has 194 valence electrons. The molecule has 0 bridgehead atoms. The van der Waals surface area contributed by atoms with Crippen LogP contribution in [0.2, 0.25) is 0 Å². The molecule has 1 heterocycles. The van der Waals surface area contributed by atoms with E-state index in [4.69, 9.17) is 4.74 Å². The summed E-state index contributed by atoms with van der Waals surface area (Å²) in [6.07, 6.45) is 11.8. The number of anilines is 1. The van der Waals surface area contributed by atoms with Gasteiger partial charge in [-0.05, 0) is 0 Å². The van der Waals surface area contributed by atoms with E-state index in [1.165, 1.54) is 20.1 Å². The fraction of sp³-hybridized carbons (Fsp3) is 0.375. The van der Waals surface area contributed by atoms with Crippen LogP contribution in [0.5, 0.6) is 0 Å². The number of hydrogen-bond acceptors (Lipinski definition) is 2. The molecule has 1 aliphatic rings. The van der Waals surface area contributed by atoms with E-state index in [1.54, 1.807) is 9.64 Å². The summed E-state index contributed by atoms with van der Waals surface area (Å²) in [4.78, 5) is 2.15. The first-order valence-corrected chi connectivity index (χ1v) is 16.4. The first-order chi connectivity index (χ1) is 17.0. The molecule has 0 atom stereocenters. The zero-order chi connectivity index (χ0) is 25.9. The molecular formula is C32H42ILi2NO-4. The van der Waals surface area contributed by atoms with Crippen molar-refractivity contribution >= 4 is 25.5 Å². The van der Waals surface area contributed by atoms with Gasteiger partial charge in [0.1, 0.15) is 0 Å². The predicted molar refractivity (Wildman–Crippen MR) is 161 cm³/mol. The fourth-order valence-corrected chi connectivity index (χ4v) is 8.18. The third-order valence-electron chi connectivity index (χ3n) is 5.37. The van der Waals surface area contributed by atoms with Crippen LogP contribution < -0.4 is 42.6 Å². The van der Waals surface area contributed by atoms with E-state index in [-0.39, 0.29) is 37.7 Å². The van der Waals surface area contributed by atoms with Gasteiger partial charge in [-0.2, -0.15) is 6.92 Å². The van der Waals surface area contributed by atoms with Crippen molar-refractivity contribution in [1.29, 1.82) is 0 Å². The monoisotopic (exact) mass is 597 g/mol. The van der Waals surface area contributed by atoms with Crippen LogP contribution in [-0.2, 0) is 4.74 Å². The second kappa shape index (κ2) is 24.4. The van der Waals surface area contributed by atoms with Gasteiger partial charge >= 0.3 is 193 Å². The quantitative estimate of drug-likeness (QED) is 0.153. The van der Waals surface area contributed by atoms with Gasteiger partial charge in [0.25, 0.3) is 0 Å². The van der Waals surface area contributed by atoms with Gasteiger partial charge in [-0.15, -0.1) is 0 Å². The molecule has 2 nitrogen and oxygen atoms in total. The molecule has 0 aliphatic carbocycles. The van der Waals surface area contributed by atoms with E-state index < -0.39 is 19.8 Å². The Labute approximate surface area is 260 Å². The molecule has 0 spiro atoms. The van der Waals surface area contributed by atoms with Crippen molar-refractivity contribution in [2.45, 2.75) is 47.0 Å². The minimum Gasteiger partial charge on any atom is -0.359 e. The normalized spacial score (nSPS) is 13.9. The molecule has 5 heteroatoms. The number of nitrogens with zero attached hydrogens (tertiary/aromatic N) is 1. The van der Waals surface area contributed by atoms with Gasteiger partial charge in [0.2, 0.25) is 0 Å². The number of allylic oxidation sites excluding steroid dienone is 3. The number of alkyl halides is 2. The van der Waals surface area contributed by atoms with Crippen LogP contribution in [0.4, 0.5) is 5.69 Å². The van der Waals surface area contributed by atoms with Crippen molar-refractivity contribution < 1.29 is 42.5 Å². The zero-order valence-electron chi connectivity index (χ0n) is 24.3. The first kappa shape index (κ1) is 38.5. The summed E-state index contributed by atoms with van der Waals surface area (Å²) in [7, 11) is 2.07. The van der Waals surface area contributed by atoms with E-state index in [2.05, 4.69) is 87.3 Å². The minimum absolute atomic E-state index is 0. The summed E-state index contributed by atoms with van der Waals surface area (Å²) < 4.78 is 9.62. The van der Waals surface area contributed by atoms with Crippen LogP contribution in [0.3, 0.4) is 0 Å². The zero-order valence-corrected chi connectivity index (χ0v) is 26.5. The number of halogens is 1. The average molecular weight is 597 g/mol. The van der Waals surface area contributed by atoms with Crippen molar-refractivity contribution in [2.75, 3.05) is 34.0 Å². The minimum atomic E-state index is -0.995. The Hall–Kier alpha value is -0.655. The molecule has 0 radical (unpaired) electrons. The summed E-state index contributed by atoms with van der Waals surface area (Å²) >= 11 is -0.995. The van der Waals surface area contributed by atoms with Gasteiger partial charge in [-0.1, -0.05) is 0 Å². The van der Waals surface area contributed by atoms with Gasteiger partial charge < -0.3 is 31.5 Å². The largest absolute Gasteiger partial charge is 1.00 e. The van der Waals surface area contributed by atoms with Gasteiger partial charge in [-0.3, -0.25) is 18.2 Å². The Balaban J connectivity index is 0. The number of hydrogen-bond donors (Lipinski definition) is 0. The third-order valence-corrected chi connectivity index (χ3v) is 11.3. The molecule has 3 rings (SSSR count). The van der Waals surface area contributed by atoms with E-state index in [0.717, 1.165) is 43.7 Å². The Morgan fingerprint density at radius 3 is 2.05 bits per heavy atom. The molecule has 0 aromatic heterocycles. The molecule has 37 heavy (non-hydrogen) atoms. The fourth-order valence-electron chi connectivity index (χ4n) is 3.33. The van der Waals surface area contributed by atoms with Gasteiger partial charge in [0.05, 0.1) is 0 Å².